The van der Waals surface area contributed by atoms with Gasteiger partial charge in [-0.05, 0) is 31.9 Å². The molecule has 2 aromatic rings. The summed E-state index contributed by atoms with van der Waals surface area (Å²) in [5.41, 5.74) is 3.88. The molecule has 2 aromatic heterocycles. The lowest BCUT2D eigenvalue weighted by atomic mass is 10.2. The molecule has 0 saturated heterocycles. The van der Waals surface area contributed by atoms with Crippen molar-refractivity contribution in [3.8, 4) is 0 Å². The number of hydrogen-bond donors (Lipinski definition) is 0. The second-order valence-electron chi connectivity index (χ2n) is 3.50. The Kier molecular flexibility index (Phi) is 2.11. The van der Waals surface area contributed by atoms with Gasteiger partial charge in [-0.1, -0.05) is 5.16 Å². The minimum atomic E-state index is 0.678. The van der Waals surface area contributed by atoms with Gasteiger partial charge in [0.05, 0.1) is 6.54 Å². The standard InChI is InChI=1S/C10H13N3O/c1-7-4-13(9(3)8(7)2)5-10-11-6-14-12-10/h4,6H,5H2,1-3H3. The maximum absolute atomic E-state index is 4.69. The quantitative estimate of drug-likeness (QED) is 0.727. The fourth-order valence-corrected chi connectivity index (χ4v) is 1.51. The smallest absolute Gasteiger partial charge is 0.213 e. The highest BCUT2D eigenvalue weighted by Crippen LogP contribution is 2.15. The summed E-state index contributed by atoms with van der Waals surface area (Å²) in [4.78, 5) is 3.99. The number of hydrogen-bond acceptors (Lipinski definition) is 3. The first-order chi connectivity index (χ1) is 6.68. The Morgan fingerprint density at radius 3 is 2.64 bits per heavy atom. The van der Waals surface area contributed by atoms with Crippen molar-refractivity contribution in [1.29, 1.82) is 0 Å². The molecule has 0 aromatic carbocycles. The van der Waals surface area contributed by atoms with Gasteiger partial charge in [0.1, 0.15) is 0 Å². The Morgan fingerprint density at radius 2 is 2.14 bits per heavy atom. The van der Waals surface area contributed by atoms with Gasteiger partial charge in [-0.25, -0.2) is 0 Å². The van der Waals surface area contributed by atoms with E-state index in [2.05, 4.69) is 46.2 Å². The van der Waals surface area contributed by atoms with Crippen LogP contribution >= 0.6 is 0 Å². The van der Waals surface area contributed by atoms with Gasteiger partial charge in [-0.15, -0.1) is 0 Å². The Hall–Kier alpha value is -1.58. The molecule has 74 valence electrons. The van der Waals surface area contributed by atoms with E-state index in [-0.39, 0.29) is 0 Å². The number of nitrogens with zero attached hydrogens (tertiary/aromatic N) is 3. The molecule has 0 unspecified atom stereocenters. The summed E-state index contributed by atoms with van der Waals surface area (Å²) in [5.74, 6) is 0.711. The van der Waals surface area contributed by atoms with E-state index >= 15 is 0 Å². The van der Waals surface area contributed by atoms with Crippen molar-refractivity contribution in [3.05, 3.63) is 35.2 Å². The Labute approximate surface area is 82.6 Å². The number of rotatable bonds is 2. The monoisotopic (exact) mass is 191 g/mol. The SMILES string of the molecule is Cc1cn(Cc2ncon2)c(C)c1C. The van der Waals surface area contributed by atoms with Crippen LogP contribution in [0.3, 0.4) is 0 Å². The van der Waals surface area contributed by atoms with E-state index in [9.17, 15) is 0 Å². The highest BCUT2D eigenvalue weighted by molar-refractivity contribution is 5.29. The van der Waals surface area contributed by atoms with E-state index in [1.54, 1.807) is 0 Å². The molecule has 0 radical (unpaired) electrons. The van der Waals surface area contributed by atoms with Crippen LogP contribution in [0.2, 0.25) is 0 Å². The van der Waals surface area contributed by atoms with Crippen molar-refractivity contribution >= 4 is 0 Å². The molecule has 0 N–H and O–H groups in total. The Balaban J connectivity index is 2.30. The third kappa shape index (κ3) is 1.43. The molecule has 0 aliphatic heterocycles. The zero-order chi connectivity index (χ0) is 10.1. The van der Waals surface area contributed by atoms with E-state index in [1.807, 2.05) is 0 Å². The summed E-state index contributed by atoms with van der Waals surface area (Å²) < 4.78 is 6.82. The maximum Gasteiger partial charge on any atom is 0.213 e. The van der Waals surface area contributed by atoms with Crippen molar-refractivity contribution in [2.45, 2.75) is 27.3 Å². The van der Waals surface area contributed by atoms with E-state index in [0.29, 0.717) is 12.4 Å². The predicted octanol–water partition coefficient (Wildman–Crippen LogP) is 1.84. The van der Waals surface area contributed by atoms with Crippen LogP contribution in [0.1, 0.15) is 22.6 Å². The minimum Gasteiger partial charge on any atom is -0.343 e. The molecule has 14 heavy (non-hydrogen) atoms. The molecule has 0 saturated carbocycles. The first kappa shape index (κ1) is 8.99. The van der Waals surface area contributed by atoms with E-state index in [1.165, 1.54) is 23.2 Å². The molecular formula is C10H13N3O. The molecule has 0 aliphatic rings. The van der Waals surface area contributed by atoms with Crippen molar-refractivity contribution < 1.29 is 4.52 Å². The summed E-state index contributed by atoms with van der Waals surface area (Å²) >= 11 is 0. The normalized spacial score (nSPS) is 10.8. The first-order valence-electron chi connectivity index (χ1n) is 4.56. The average molecular weight is 191 g/mol. The van der Waals surface area contributed by atoms with Crippen LogP contribution in [0.25, 0.3) is 0 Å². The summed E-state index contributed by atoms with van der Waals surface area (Å²) in [5, 5.41) is 3.78. The van der Waals surface area contributed by atoms with Gasteiger partial charge in [-0.3, -0.25) is 0 Å². The van der Waals surface area contributed by atoms with Crippen LogP contribution in [0.5, 0.6) is 0 Å². The summed E-state index contributed by atoms with van der Waals surface area (Å²) in [6.07, 6.45) is 3.47. The summed E-state index contributed by atoms with van der Waals surface area (Å²) in [6, 6.07) is 0. The van der Waals surface area contributed by atoms with Gasteiger partial charge in [0.2, 0.25) is 6.39 Å². The van der Waals surface area contributed by atoms with Crippen LogP contribution < -0.4 is 0 Å². The van der Waals surface area contributed by atoms with Crippen molar-refractivity contribution in [1.82, 2.24) is 14.7 Å². The average Bonchev–Trinajstić information content (AvgIpc) is 2.73. The largest absolute Gasteiger partial charge is 0.343 e. The van der Waals surface area contributed by atoms with E-state index in [4.69, 9.17) is 0 Å². The summed E-state index contributed by atoms with van der Waals surface area (Å²) in [6.45, 7) is 7.01. The molecule has 4 heteroatoms. The van der Waals surface area contributed by atoms with Crippen molar-refractivity contribution in [2.75, 3.05) is 0 Å². The lowest BCUT2D eigenvalue weighted by Crippen LogP contribution is -2.02. The molecule has 2 rings (SSSR count). The fraction of sp³-hybridized carbons (Fsp3) is 0.400. The van der Waals surface area contributed by atoms with Gasteiger partial charge in [0.25, 0.3) is 0 Å². The fourth-order valence-electron chi connectivity index (χ4n) is 1.51. The lowest BCUT2D eigenvalue weighted by Gasteiger charge is -2.01. The Morgan fingerprint density at radius 1 is 1.36 bits per heavy atom. The van der Waals surface area contributed by atoms with Gasteiger partial charge in [0, 0.05) is 11.9 Å². The molecule has 0 fully saturated rings. The van der Waals surface area contributed by atoms with Crippen LogP contribution in [0.15, 0.2) is 17.1 Å². The van der Waals surface area contributed by atoms with Crippen LogP contribution in [0, 0.1) is 20.8 Å². The molecular weight excluding hydrogens is 178 g/mol. The van der Waals surface area contributed by atoms with E-state index < -0.39 is 0 Å². The molecule has 2 heterocycles. The van der Waals surface area contributed by atoms with Crippen molar-refractivity contribution in [3.63, 3.8) is 0 Å². The molecule has 4 nitrogen and oxygen atoms in total. The lowest BCUT2D eigenvalue weighted by molar-refractivity contribution is 0.408. The van der Waals surface area contributed by atoms with Gasteiger partial charge in [0.15, 0.2) is 5.82 Å². The third-order valence-corrected chi connectivity index (χ3v) is 2.63. The first-order valence-corrected chi connectivity index (χ1v) is 4.56. The highest BCUT2D eigenvalue weighted by Gasteiger charge is 2.07. The predicted molar refractivity (Wildman–Crippen MR) is 52.0 cm³/mol. The van der Waals surface area contributed by atoms with Crippen LogP contribution in [-0.4, -0.2) is 14.7 Å². The Bertz CT molecular complexity index is 428. The van der Waals surface area contributed by atoms with E-state index in [0.717, 1.165) is 0 Å². The minimum absolute atomic E-state index is 0.678. The van der Waals surface area contributed by atoms with Gasteiger partial charge < -0.3 is 9.09 Å². The third-order valence-electron chi connectivity index (χ3n) is 2.63. The van der Waals surface area contributed by atoms with Gasteiger partial charge >= 0.3 is 0 Å². The summed E-state index contributed by atoms with van der Waals surface area (Å²) in [7, 11) is 0. The zero-order valence-electron chi connectivity index (χ0n) is 8.61. The second-order valence-corrected chi connectivity index (χ2v) is 3.50. The number of aromatic nitrogens is 3. The molecule has 0 bridgehead atoms. The number of aryl methyl sites for hydroxylation is 1. The van der Waals surface area contributed by atoms with Gasteiger partial charge in [-0.2, -0.15) is 4.98 Å². The maximum atomic E-state index is 4.69. The zero-order valence-corrected chi connectivity index (χ0v) is 8.61. The van der Waals surface area contributed by atoms with Crippen molar-refractivity contribution in [2.24, 2.45) is 0 Å². The van der Waals surface area contributed by atoms with Crippen LogP contribution in [-0.2, 0) is 6.54 Å². The molecule has 0 atom stereocenters. The van der Waals surface area contributed by atoms with Crippen LogP contribution in [0.4, 0.5) is 0 Å². The molecule has 0 amide bonds. The molecule has 0 spiro atoms. The molecule has 0 aliphatic carbocycles. The second kappa shape index (κ2) is 3.29. The highest BCUT2D eigenvalue weighted by atomic mass is 16.5. The topological polar surface area (TPSA) is 43.9 Å².